The molecule has 1 unspecified atom stereocenters. The molecule has 1 N–H and O–H groups in total. The van der Waals surface area contributed by atoms with Gasteiger partial charge < -0.3 is 9.84 Å². The molecule has 1 aliphatic rings. The van der Waals surface area contributed by atoms with Crippen molar-refractivity contribution in [2.45, 2.75) is 45.6 Å². The van der Waals surface area contributed by atoms with Crippen LogP contribution in [0.4, 0.5) is 0 Å². The molecule has 0 aliphatic heterocycles. The summed E-state index contributed by atoms with van der Waals surface area (Å²) in [4.78, 5) is 0. The van der Waals surface area contributed by atoms with Crippen molar-refractivity contribution in [2.75, 3.05) is 7.11 Å². The van der Waals surface area contributed by atoms with Gasteiger partial charge >= 0.3 is 0 Å². The Hall–Kier alpha value is -1.80. The van der Waals surface area contributed by atoms with E-state index >= 15 is 0 Å². The third-order valence-electron chi connectivity index (χ3n) is 5.31. The van der Waals surface area contributed by atoms with Crippen LogP contribution in [0, 0.1) is 5.41 Å². The van der Waals surface area contributed by atoms with Crippen molar-refractivity contribution in [3.05, 3.63) is 53.6 Å². The molecule has 2 aromatic carbocycles. The summed E-state index contributed by atoms with van der Waals surface area (Å²) in [5, 5.41) is 9.56. The zero-order valence-corrected chi connectivity index (χ0v) is 14.3. The Morgan fingerprint density at radius 2 is 2.00 bits per heavy atom. The minimum atomic E-state index is 0.0958. The van der Waals surface area contributed by atoms with Gasteiger partial charge in [0.25, 0.3) is 0 Å². The van der Waals surface area contributed by atoms with E-state index in [0.717, 1.165) is 11.3 Å². The summed E-state index contributed by atoms with van der Waals surface area (Å²) in [6, 6.07) is 14.6. The Morgan fingerprint density at radius 1 is 1.17 bits per heavy atom. The monoisotopic (exact) mass is 310 g/mol. The number of aliphatic hydroxyl groups is 1. The van der Waals surface area contributed by atoms with Gasteiger partial charge in [-0.3, -0.25) is 0 Å². The maximum Gasteiger partial charge on any atom is 0.119 e. The van der Waals surface area contributed by atoms with Crippen molar-refractivity contribution in [3.63, 3.8) is 0 Å². The Balaban J connectivity index is 2.13. The molecule has 0 saturated heterocycles. The standard InChI is InChI=1S/C21H26O2/c1-21(2)11-5-8-20(21)19-12-15(14-22)9-10-18(19)16-6-4-7-17(13-16)23-3/h4,6-7,9-10,12-13,20,22H,5,8,11,14H2,1-3H3. The molecule has 2 nitrogen and oxygen atoms in total. The second-order valence-corrected chi connectivity index (χ2v) is 7.25. The summed E-state index contributed by atoms with van der Waals surface area (Å²) in [7, 11) is 1.70. The largest absolute Gasteiger partial charge is 0.497 e. The van der Waals surface area contributed by atoms with Crippen LogP contribution in [0.5, 0.6) is 5.75 Å². The third kappa shape index (κ3) is 3.13. The zero-order chi connectivity index (χ0) is 16.4. The average molecular weight is 310 g/mol. The lowest BCUT2D eigenvalue weighted by Crippen LogP contribution is -2.16. The summed E-state index contributed by atoms with van der Waals surface area (Å²) < 4.78 is 5.39. The number of rotatable bonds is 4. The first-order chi connectivity index (χ1) is 11.0. The summed E-state index contributed by atoms with van der Waals surface area (Å²) in [5.41, 5.74) is 5.12. The molecule has 1 aliphatic carbocycles. The van der Waals surface area contributed by atoms with E-state index < -0.39 is 0 Å². The van der Waals surface area contributed by atoms with Crippen molar-refractivity contribution in [1.82, 2.24) is 0 Å². The van der Waals surface area contributed by atoms with E-state index in [1.165, 1.54) is 36.0 Å². The smallest absolute Gasteiger partial charge is 0.119 e. The molecule has 122 valence electrons. The Kier molecular flexibility index (Phi) is 4.45. The second-order valence-electron chi connectivity index (χ2n) is 7.25. The van der Waals surface area contributed by atoms with Gasteiger partial charge in [0, 0.05) is 0 Å². The fraction of sp³-hybridized carbons (Fsp3) is 0.429. The molecule has 1 atom stereocenters. The lowest BCUT2D eigenvalue weighted by molar-refractivity contribution is 0.281. The van der Waals surface area contributed by atoms with Crippen LogP contribution in [0.2, 0.25) is 0 Å². The van der Waals surface area contributed by atoms with Gasteiger partial charge in [0.2, 0.25) is 0 Å². The van der Waals surface area contributed by atoms with Crippen molar-refractivity contribution in [1.29, 1.82) is 0 Å². The first-order valence-electron chi connectivity index (χ1n) is 8.43. The van der Waals surface area contributed by atoms with E-state index in [-0.39, 0.29) is 6.61 Å². The molecule has 1 fully saturated rings. The van der Waals surface area contributed by atoms with Crippen LogP contribution >= 0.6 is 0 Å². The van der Waals surface area contributed by atoms with E-state index in [1.54, 1.807) is 7.11 Å². The maximum atomic E-state index is 9.56. The summed E-state index contributed by atoms with van der Waals surface area (Å²) in [5.74, 6) is 1.42. The van der Waals surface area contributed by atoms with Gasteiger partial charge in [-0.2, -0.15) is 0 Å². The van der Waals surface area contributed by atoms with Crippen LogP contribution in [0.1, 0.15) is 50.2 Å². The topological polar surface area (TPSA) is 29.5 Å². The van der Waals surface area contributed by atoms with Gasteiger partial charge in [-0.15, -0.1) is 0 Å². The lowest BCUT2D eigenvalue weighted by atomic mass is 9.75. The fourth-order valence-electron chi connectivity index (χ4n) is 3.96. The van der Waals surface area contributed by atoms with E-state index in [4.69, 9.17) is 4.74 Å². The molecule has 0 heterocycles. The number of benzene rings is 2. The Labute approximate surface area is 139 Å². The summed E-state index contributed by atoms with van der Waals surface area (Å²) in [6.45, 7) is 4.83. The highest BCUT2D eigenvalue weighted by Gasteiger charge is 2.36. The molecule has 1 saturated carbocycles. The van der Waals surface area contributed by atoms with Crippen molar-refractivity contribution in [2.24, 2.45) is 5.41 Å². The third-order valence-corrected chi connectivity index (χ3v) is 5.31. The first-order valence-corrected chi connectivity index (χ1v) is 8.43. The van der Waals surface area contributed by atoms with E-state index in [9.17, 15) is 5.11 Å². The second kappa shape index (κ2) is 6.37. The van der Waals surface area contributed by atoms with Gasteiger partial charge in [-0.05, 0) is 58.6 Å². The maximum absolute atomic E-state index is 9.56. The van der Waals surface area contributed by atoms with Crippen LogP contribution in [0.25, 0.3) is 11.1 Å². The van der Waals surface area contributed by atoms with Crippen molar-refractivity contribution in [3.8, 4) is 16.9 Å². The lowest BCUT2D eigenvalue weighted by Gasteiger charge is -2.29. The predicted octanol–water partition coefficient (Wildman–Crippen LogP) is 5.15. The minimum Gasteiger partial charge on any atom is -0.497 e. The molecular weight excluding hydrogens is 284 g/mol. The number of hydrogen-bond donors (Lipinski definition) is 1. The van der Waals surface area contributed by atoms with Crippen LogP contribution < -0.4 is 4.74 Å². The van der Waals surface area contributed by atoms with Gasteiger partial charge in [0.1, 0.15) is 5.75 Å². The SMILES string of the molecule is COc1cccc(-c2ccc(CO)cc2C2CCCC2(C)C)c1. The van der Waals surface area contributed by atoms with Crippen LogP contribution in [0.15, 0.2) is 42.5 Å². The fourth-order valence-corrected chi connectivity index (χ4v) is 3.96. The molecule has 23 heavy (non-hydrogen) atoms. The number of hydrogen-bond acceptors (Lipinski definition) is 2. The minimum absolute atomic E-state index is 0.0958. The van der Waals surface area contributed by atoms with Gasteiger partial charge in [0.05, 0.1) is 13.7 Å². The predicted molar refractivity (Wildman–Crippen MR) is 94.7 cm³/mol. The molecule has 0 aromatic heterocycles. The molecule has 0 radical (unpaired) electrons. The highest BCUT2D eigenvalue weighted by Crippen LogP contribution is 2.51. The van der Waals surface area contributed by atoms with E-state index in [2.05, 4.69) is 38.1 Å². The van der Waals surface area contributed by atoms with Gasteiger partial charge in [0.15, 0.2) is 0 Å². The Bertz CT molecular complexity index is 688. The normalized spacial score (nSPS) is 19.7. The molecule has 0 bridgehead atoms. The van der Waals surface area contributed by atoms with Crippen LogP contribution in [0.3, 0.4) is 0 Å². The summed E-state index contributed by atoms with van der Waals surface area (Å²) in [6.07, 6.45) is 3.76. The molecule has 3 rings (SSSR count). The highest BCUT2D eigenvalue weighted by molar-refractivity contribution is 5.70. The molecule has 2 aromatic rings. The highest BCUT2D eigenvalue weighted by atomic mass is 16.5. The van der Waals surface area contributed by atoms with E-state index in [1.807, 2.05) is 18.2 Å². The van der Waals surface area contributed by atoms with Crippen molar-refractivity contribution < 1.29 is 9.84 Å². The number of ether oxygens (including phenoxy) is 1. The van der Waals surface area contributed by atoms with Crippen LogP contribution in [-0.4, -0.2) is 12.2 Å². The molecule has 0 spiro atoms. The van der Waals surface area contributed by atoms with Crippen LogP contribution in [-0.2, 0) is 6.61 Å². The Morgan fingerprint density at radius 3 is 2.65 bits per heavy atom. The van der Waals surface area contributed by atoms with Crippen molar-refractivity contribution >= 4 is 0 Å². The summed E-state index contributed by atoms with van der Waals surface area (Å²) >= 11 is 0. The molecule has 0 amide bonds. The average Bonchev–Trinajstić information content (AvgIpc) is 2.93. The first kappa shape index (κ1) is 16.1. The molecular formula is C21H26O2. The number of methoxy groups -OCH3 is 1. The zero-order valence-electron chi connectivity index (χ0n) is 14.3. The van der Waals surface area contributed by atoms with Gasteiger partial charge in [-0.25, -0.2) is 0 Å². The number of aliphatic hydroxyl groups excluding tert-OH is 1. The quantitative estimate of drug-likeness (QED) is 0.846. The van der Waals surface area contributed by atoms with Gasteiger partial charge in [-0.1, -0.05) is 50.6 Å². The molecule has 2 heteroatoms. The van der Waals surface area contributed by atoms with E-state index in [0.29, 0.717) is 11.3 Å².